The van der Waals surface area contributed by atoms with Crippen LogP contribution in [0, 0.1) is 31.3 Å². The number of halogens is 3. The molecule has 1 heterocycles. The number of rotatable bonds is 3. The van der Waals surface area contributed by atoms with Gasteiger partial charge in [-0.15, -0.1) is 0 Å². The lowest BCUT2D eigenvalue weighted by molar-refractivity contribution is 0.0976. The van der Waals surface area contributed by atoms with E-state index in [1.54, 1.807) is 19.1 Å². The third-order valence-corrected chi connectivity index (χ3v) is 5.35. The molecule has 0 radical (unpaired) electrons. The quantitative estimate of drug-likeness (QED) is 0.648. The summed E-state index contributed by atoms with van der Waals surface area (Å²) in [5.74, 6) is -5.41. The number of hydrogen-bond acceptors (Lipinski definition) is 3. The zero-order chi connectivity index (χ0) is 22.2. The SMILES string of the molecule is CCOC(=O)N1c2cc(C)c(C)cc2N(C(=O)c2ccc(F)c(F)c2F)CC1CC. The van der Waals surface area contributed by atoms with Crippen LogP contribution in [0.3, 0.4) is 0 Å². The first kappa shape index (κ1) is 21.7. The molecule has 5 nitrogen and oxygen atoms in total. The van der Waals surface area contributed by atoms with Gasteiger partial charge in [0.25, 0.3) is 5.91 Å². The van der Waals surface area contributed by atoms with E-state index in [1.807, 2.05) is 20.8 Å². The molecular weight excluding hydrogens is 397 g/mol. The smallest absolute Gasteiger partial charge is 0.414 e. The summed E-state index contributed by atoms with van der Waals surface area (Å²) in [6, 6.07) is 4.70. The Kier molecular flexibility index (Phi) is 6.05. The molecule has 0 spiro atoms. The highest BCUT2D eigenvalue weighted by Crippen LogP contribution is 2.40. The first-order valence-corrected chi connectivity index (χ1v) is 9.73. The molecular formula is C22H23F3N2O3. The molecule has 1 aliphatic rings. The number of aryl methyl sites for hydroxylation is 2. The van der Waals surface area contributed by atoms with E-state index in [2.05, 4.69) is 0 Å². The highest BCUT2D eigenvalue weighted by atomic mass is 19.2. The van der Waals surface area contributed by atoms with Gasteiger partial charge in [-0.25, -0.2) is 18.0 Å². The Morgan fingerprint density at radius 3 is 2.27 bits per heavy atom. The molecule has 0 saturated carbocycles. The maximum Gasteiger partial charge on any atom is 0.414 e. The van der Waals surface area contributed by atoms with Crippen molar-refractivity contribution < 1.29 is 27.5 Å². The van der Waals surface area contributed by atoms with Crippen LogP contribution >= 0.6 is 0 Å². The Balaban J connectivity index is 2.16. The van der Waals surface area contributed by atoms with Gasteiger partial charge in [0.2, 0.25) is 0 Å². The summed E-state index contributed by atoms with van der Waals surface area (Å²) in [5, 5.41) is 0. The van der Waals surface area contributed by atoms with Crippen molar-refractivity contribution in [2.75, 3.05) is 23.0 Å². The van der Waals surface area contributed by atoms with Gasteiger partial charge in [0, 0.05) is 6.54 Å². The van der Waals surface area contributed by atoms with Gasteiger partial charge < -0.3 is 9.64 Å². The summed E-state index contributed by atoms with van der Waals surface area (Å²) in [5.41, 5.74) is 2.01. The molecule has 0 aromatic heterocycles. The Morgan fingerprint density at radius 2 is 1.67 bits per heavy atom. The second-order valence-electron chi connectivity index (χ2n) is 7.19. The van der Waals surface area contributed by atoms with Gasteiger partial charge in [0.05, 0.1) is 29.6 Å². The van der Waals surface area contributed by atoms with E-state index >= 15 is 0 Å². The Bertz CT molecular complexity index is 1010. The van der Waals surface area contributed by atoms with E-state index in [0.29, 0.717) is 17.8 Å². The number of carbonyl (C=O) groups excluding carboxylic acids is 2. The molecule has 0 aliphatic carbocycles. The topological polar surface area (TPSA) is 49.9 Å². The average Bonchev–Trinajstić information content (AvgIpc) is 2.71. The van der Waals surface area contributed by atoms with Crippen LogP contribution in [0.2, 0.25) is 0 Å². The molecule has 2 aromatic carbocycles. The van der Waals surface area contributed by atoms with Gasteiger partial charge >= 0.3 is 6.09 Å². The van der Waals surface area contributed by atoms with Crippen molar-refractivity contribution in [2.45, 2.75) is 40.2 Å². The van der Waals surface area contributed by atoms with Gasteiger partial charge in [0.15, 0.2) is 17.5 Å². The van der Waals surface area contributed by atoms with Crippen LogP contribution in [0.15, 0.2) is 24.3 Å². The van der Waals surface area contributed by atoms with E-state index in [9.17, 15) is 22.8 Å². The number of hydrogen-bond donors (Lipinski definition) is 0. The molecule has 1 aliphatic heterocycles. The number of amides is 2. The summed E-state index contributed by atoms with van der Waals surface area (Å²) < 4.78 is 46.6. The van der Waals surface area contributed by atoms with Crippen LogP contribution in [0.5, 0.6) is 0 Å². The van der Waals surface area contributed by atoms with Crippen molar-refractivity contribution in [3.63, 3.8) is 0 Å². The van der Waals surface area contributed by atoms with Gasteiger partial charge in [-0.05, 0) is 62.6 Å². The van der Waals surface area contributed by atoms with Gasteiger partial charge in [0.1, 0.15) is 0 Å². The predicted octanol–water partition coefficient (Wildman–Crippen LogP) is 5.12. The molecule has 1 atom stereocenters. The summed E-state index contributed by atoms with van der Waals surface area (Å²) in [6.45, 7) is 7.51. The lowest BCUT2D eigenvalue weighted by Gasteiger charge is -2.42. The lowest BCUT2D eigenvalue weighted by Crippen LogP contribution is -2.53. The van der Waals surface area contributed by atoms with E-state index < -0.39 is 41.1 Å². The maximum atomic E-state index is 14.3. The standard InChI is InChI=1S/C22H23F3N2O3/c1-5-14-11-26(21(28)15-7-8-16(23)20(25)19(15)24)17-9-12(3)13(4)10-18(17)27(14)22(29)30-6-2/h7-10,14H,5-6,11H2,1-4H3. The fraction of sp³-hybridized carbons (Fsp3) is 0.364. The van der Waals surface area contributed by atoms with E-state index in [-0.39, 0.29) is 13.2 Å². The molecule has 160 valence electrons. The fourth-order valence-corrected chi connectivity index (χ4v) is 3.56. The molecule has 0 saturated heterocycles. The Hall–Kier alpha value is -3.03. The normalized spacial score (nSPS) is 15.8. The first-order chi connectivity index (χ1) is 14.2. The molecule has 0 N–H and O–H groups in total. The second-order valence-corrected chi connectivity index (χ2v) is 7.19. The van der Waals surface area contributed by atoms with E-state index in [1.165, 1.54) is 9.80 Å². The van der Waals surface area contributed by atoms with Crippen LogP contribution < -0.4 is 9.80 Å². The minimum Gasteiger partial charge on any atom is -0.449 e. The number of carbonyl (C=O) groups is 2. The predicted molar refractivity (Wildman–Crippen MR) is 107 cm³/mol. The van der Waals surface area contributed by atoms with Gasteiger partial charge in [-0.2, -0.15) is 0 Å². The third-order valence-electron chi connectivity index (χ3n) is 5.35. The summed E-state index contributed by atoms with van der Waals surface area (Å²) >= 11 is 0. The Labute approximate surface area is 173 Å². The van der Waals surface area contributed by atoms with Crippen molar-refractivity contribution in [2.24, 2.45) is 0 Å². The number of nitrogens with zero attached hydrogens (tertiary/aromatic N) is 2. The van der Waals surface area contributed by atoms with E-state index in [4.69, 9.17) is 4.74 Å². The van der Waals surface area contributed by atoms with Gasteiger partial charge in [-0.3, -0.25) is 9.69 Å². The number of benzene rings is 2. The second kappa shape index (κ2) is 8.38. The van der Waals surface area contributed by atoms with E-state index in [0.717, 1.165) is 23.3 Å². The summed E-state index contributed by atoms with van der Waals surface area (Å²) in [6.07, 6.45) is -0.0464. The van der Waals surface area contributed by atoms with Crippen LogP contribution in [0.1, 0.15) is 41.8 Å². The minimum absolute atomic E-state index is 0.0576. The van der Waals surface area contributed by atoms with Crippen molar-refractivity contribution in [3.05, 3.63) is 58.4 Å². The highest BCUT2D eigenvalue weighted by molar-refractivity contribution is 6.10. The number of ether oxygens (including phenoxy) is 1. The largest absolute Gasteiger partial charge is 0.449 e. The molecule has 1 unspecified atom stereocenters. The molecule has 2 aromatic rings. The molecule has 0 bridgehead atoms. The molecule has 30 heavy (non-hydrogen) atoms. The monoisotopic (exact) mass is 420 g/mol. The van der Waals surface area contributed by atoms with Crippen LogP contribution in [-0.4, -0.2) is 31.2 Å². The minimum atomic E-state index is -1.70. The first-order valence-electron chi connectivity index (χ1n) is 9.73. The Morgan fingerprint density at radius 1 is 1.03 bits per heavy atom. The molecule has 8 heteroatoms. The van der Waals surface area contributed by atoms with Crippen LogP contribution in [0.4, 0.5) is 29.3 Å². The fourth-order valence-electron chi connectivity index (χ4n) is 3.56. The maximum absolute atomic E-state index is 14.3. The summed E-state index contributed by atoms with van der Waals surface area (Å²) in [7, 11) is 0. The van der Waals surface area contributed by atoms with Crippen LogP contribution in [-0.2, 0) is 4.74 Å². The highest BCUT2D eigenvalue weighted by Gasteiger charge is 2.38. The zero-order valence-corrected chi connectivity index (χ0v) is 17.3. The van der Waals surface area contributed by atoms with Crippen molar-refractivity contribution >= 4 is 23.4 Å². The number of fused-ring (bicyclic) bond motifs is 1. The molecule has 2 amide bonds. The molecule has 3 rings (SSSR count). The van der Waals surface area contributed by atoms with Gasteiger partial charge in [-0.1, -0.05) is 6.92 Å². The number of anilines is 2. The summed E-state index contributed by atoms with van der Waals surface area (Å²) in [4.78, 5) is 28.6. The third kappa shape index (κ3) is 3.62. The lowest BCUT2D eigenvalue weighted by atomic mass is 9.99. The van der Waals surface area contributed by atoms with Crippen molar-refractivity contribution in [1.29, 1.82) is 0 Å². The zero-order valence-electron chi connectivity index (χ0n) is 17.3. The molecule has 0 fully saturated rings. The van der Waals surface area contributed by atoms with Crippen LogP contribution in [0.25, 0.3) is 0 Å². The van der Waals surface area contributed by atoms with Crippen molar-refractivity contribution in [3.8, 4) is 0 Å². The van der Waals surface area contributed by atoms with Crippen molar-refractivity contribution in [1.82, 2.24) is 0 Å². The average molecular weight is 420 g/mol.